The van der Waals surface area contributed by atoms with Crippen LogP contribution in [0.4, 0.5) is 0 Å². The highest BCUT2D eigenvalue weighted by molar-refractivity contribution is 5.77. The lowest BCUT2D eigenvalue weighted by Crippen LogP contribution is -2.24. The van der Waals surface area contributed by atoms with Crippen LogP contribution in [0, 0.1) is 20.8 Å². The molecule has 100 valence electrons. The van der Waals surface area contributed by atoms with Gasteiger partial charge in [0.1, 0.15) is 11.5 Å². The van der Waals surface area contributed by atoms with Crippen molar-refractivity contribution in [3.63, 3.8) is 0 Å². The van der Waals surface area contributed by atoms with Crippen molar-refractivity contribution < 1.29 is 9.53 Å². The highest BCUT2D eigenvalue weighted by Crippen LogP contribution is 2.30. The average molecular weight is 249 g/mol. The molecule has 1 aromatic rings. The Balaban J connectivity index is 3.08. The summed E-state index contributed by atoms with van der Waals surface area (Å²) in [6, 6.07) is 2.18. The molecule has 0 radical (unpaired) electrons. The summed E-state index contributed by atoms with van der Waals surface area (Å²) >= 11 is 0. The van der Waals surface area contributed by atoms with Crippen LogP contribution in [0.3, 0.4) is 0 Å². The Bertz CT molecular complexity index is 452. The quantitative estimate of drug-likeness (QED) is 0.803. The highest BCUT2D eigenvalue weighted by atomic mass is 16.5. The lowest BCUT2D eigenvalue weighted by Gasteiger charge is -2.21. The number of methoxy groups -OCH3 is 1. The van der Waals surface area contributed by atoms with Gasteiger partial charge in [0, 0.05) is 12.1 Å². The lowest BCUT2D eigenvalue weighted by atomic mass is 9.98. The maximum atomic E-state index is 11.1. The van der Waals surface area contributed by atoms with Gasteiger partial charge in [-0.05, 0) is 51.4 Å². The van der Waals surface area contributed by atoms with Gasteiger partial charge in [0.15, 0.2) is 0 Å². The average Bonchev–Trinajstić information content (AvgIpc) is 2.25. The smallest absolute Gasteiger partial charge is 0.143 e. The molecule has 3 heteroatoms. The van der Waals surface area contributed by atoms with Crippen LogP contribution in [-0.2, 0) is 11.3 Å². The van der Waals surface area contributed by atoms with Crippen LogP contribution in [0.15, 0.2) is 6.07 Å². The molecule has 0 fully saturated rings. The van der Waals surface area contributed by atoms with Gasteiger partial charge in [0.2, 0.25) is 0 Å². The van der Waals surface area contributed by atoms with Gasteiger partial charge in [0.25, 0.3) is 0 Å². The van der Waals surface area contributed by atoms with E-state index in [1.54, 1.807) is 14.0 Å². The molecule has 0 atom stereocenters. The standard InChI is InChI=1S/C15H23NO2/c1-10-7-11(2)14(15(18-6)13(10)4)9-16(5)8-12(3)17/h7H,8-9H2,1-6H3. The zero-order chi connectivity index (χ0) is 13.9. The molecule has 0 saturated carbocycles. The van der Waals surface area contributed by atoms with E-state index >= 15 is 0 Å². The molecule has 0 aromatic heterocycles. The maximum Gasteiger partial charge on any atom is 0.143 e. The van der Waals surface area contributed by atoms with Crippen LogP contribution in [0.2, 0.25) is 0 Å². The Morgan fingerprint density at radius 3 is 2.39 bits per heavy atom. The molecule has 0 aliphatic rings. The van der Waals surface area contributed by atoms with E-state index in [1.165, 1.54) is 22.3 Å². The van der Waals surface area contributed by atoms with Crippen molar-refractivity contribution in [2.45, 2.75) is 34.2 Å². The van der Waals surface area contributed by atoms with Crippen LogP contribution in [0.1, 0.15) is 29.2 Å². The third-order valence-corrected chi connectivity index (χ3v) is 3.24. The number of hydrogen-bond acceptors (Lipinski definition) is 3. The zero-order valence-corrected chi connectivity index (χ0v) is 12.3. The second kappa shape index (κ2) is 6.01. The number of aryl methyl sites for hydroxylation is 2. The second-order valence-corrected chi connectivity index (χ2v) is 5.02. The van der Waals surface area contributed by atoms with Crippen molar-refractivity contribution in [2.75, 3.05) is 20.7 Å². The van der Waals surface area contributed by atoms with E-state index in [4.69, 9.17) is 4.74 Å². The fraction of sp³-hybridized carbons (Fsp3) is 0.533. The SMILES string of the molecule is COc1c(C)c(C)cc(C)c1CN(C)CC(C)=O. The molecule has 0 aliphatic heterocycles. The van der Waals surface area contributed by atoms with E-state index in [0.717, 1.165) is 12.3 Å². The highest BCUT2D eigenvalue weighted by Gasteiger charge is 2.14. The number of hydrogen-bond donors (Lipinski definition) is 0. The van der Waals surface area contributed by atoms with Gasteiger partial charge < -0.3 is 4.74 Å². The van der Waals surface area contributed by atoms with Crippen molar-refractivity contribution in [1.82, 2.24) is 4.90 Å². The van der Waals surface area contributed by atoms with Gasteiger partial charge in [0.05, 0.1) is 13.7 Å². The summed E-state index contributed by atoms with van der Waals surface area (Å²) < 4.78 is 5.53. The second-order valence-electron chi connectivity index (χ2n) is 5.02. The van der Waals surface area contributed by atoms with E-state index in [0.29, 0.717) is 6.54 Å². The molecule has 18 heavy (non-hydrogen) atoms. The van der Waals surface area contributed by atoms with Crippen LogP contribution in [0.25, 0.3) is 0 Å². The predicted molar refractivity (Wildman–Crippen MR) is 74.2 cm³/mol. The minimum absolute atomic E-state index is 0.179. The van der Waals surface area contributed by atoms with Crippen LogP contribution >= 0.6 is 0 Å². The molecule has 0 aliphatic carbocycles. The monoisotopic (exact) mass is 249 g/mol. The van der Waals surface area contributed by atoms with Gasteiger partial charge in [-0.3, -0.25) is 9.69 Å². The number of carbonyl (C=O) groups excluding carboxylic acids is 1. The Morgan fingerprint density at radius 1 is 1.28 bits per heavy atom. The van der Waals surface area contributed by atoms with E-state index in [-0.39, 0.29) is 5.78 Å². The Labute approximate surface area is 110 Å². The van der Waals surface area contributed by atoms with Crippen molar-refractivity contribution in [1.29, 1.82) is 0 Å². The van der Waals surface area contributed by atoms with Gasteiger partial charge in [-0.15, -0.1) is 0 Å². The Morgan fingerprint density at radius 2 is 1.89 bits per heavy atom. The number of ether oxygens (including phenoxy) is 1. The van der Waals surface area contributed by atoms with Gasteiger partial charge in [-0.2, -0.15) is 0 Å². The maximum absolute atomic E-state index is 11.1. The first-order chi connectivity index (χ1) is 8.36. The summed E-state index contributed by atoms with van der Waals surface area (Å²) in [4.78, 5) is 13.1. The fourth-order valence-electron chi connectivity index (χ4n) is 2.28. The van der Waals surface area contributed by atoms with Gasteiger partial charge in [-0.1, -0.05) is 6.07 Å². The molecular formula is C15H23NO2. The Kier molecular flexibility index (Phi) is 4.91. The first-order valence-corrected chi connectivity index (χ1v) is 6.18. The third kappa shape index (κ3) is 3.33. The normalized spacial score (nSPS) is 10.8. The number of carbonyl (C=O) groups is 1. The first-order valence-electron chi connectivity index (χ1n) is 6.18. The molecule has 0 heterocycles. The van der Waals surface area contributed by atoms with Gasteiger partial charge in [-0.25, -0.2) is 0 Å². The number of benzene rings is 1. The molecule has 0 bridgehead atoms. The number of ketones is 1. The van der Waals surface area contributed by atoms with Crippen molar-refractivity contribution in [3.8, 4) is 5.75 Å². The van der Waals surface area contributed by atoms with E-state index in [1.807, 2.05) is 11.9 Å². The fourth-order valence-corrected chi connectivity index (χ4v) is 2.28. The Hall–Kier alpha value is -1.35. The van der Waals surface area contributed by atoms with E-state index in [2.05, 4.69) is 26.8 Å². The summed E-state index contributed by atoms with van der Waals surface area (Å²) in [5.74, 6) is 1.13. The third-order valence-electron chi connectivity index (χ3n) is 3.24. The first kappa shape index (κ1) is 14.7. The zero-order valence-electron chi connectivity index (χ0n) is 12.3. The molecule has 0 amide bonds. The summed E-state index contributed by atoms with van der Waals surface area (Å²) in [7, 11) is 3.66. The van der Waals surface area contributed by atoms with Crippen LogP contribution in [0.5, 0.6) is 5.75 Å². The van der Waals surface area contributed by atoms with E-state index < -0.39 is 0 Å². The summed E-state index contributed by atoms with van der Waals surface area (Å²) in [6.45, 7) is 9.06. The molecular weight excluding hydrogens is 226 g/mol. The predicted octanol–water partition coefficient (Wildman–Crippen LogP) is 2.64. The van der Waals surface area contributed by atoms with Crippen LogP contribution in [-0.4, -0.2) is 31.4 Å². The molecule has 0 unspecified atom stereocenters. The van der Waals surface area contributed by atoms with E-state index in [9.17, 15) is 4.79 Å². The molecule has 0 saturated heterocycles. The topological polar surface area (TPSA) is 29.5 Å². The van der Waals surface area contributed by atoms with Crippen molar-refractivity contribution >= 4 is 5.78 Å². The molecule has 3 nitrogen and oxygen atoms in total. The summed E-state index contributed by atoms with van der Waals surface area (Å²) in [5, 5.41) is 0. The molecule has 0 spiro atoms. The number of Topliss-reactive ketones (excluding diaryl/α,β-unsaturated/α-hetero) is 1. The lowest BCUT2D eigenvalue weighted by molar-refractivity contribution is -0.117. The number of nitrogens with zero attached hydrogens (tertiary/aromatic N) is 1. The molecule has 1 aromatic carbocycles. The summed E-state index contributed by atoms with van der Waals surface area (Å²) in [5.41, 5.74) is 4.80. The van der Waals surface area contributed by atoms with Crippen LogP contribution < -0.4 is 4.74 Å². The minimum atomic E-state index is 0.179. The van der Waals surface area contributed by atoms with Crippen molar-refractivity contribution in [3.05, 3.63) is 28.3 Å². The minimum Gasteiger partial charge on any atom is -0.496 e. The molecule has 1 rings (SSSR count). The molecule has 0 N–H and O–H groups in total. The number of rotatable bonds is 5. The van der Waals surface area contributed by atoms with Crippen molar-refractivity contribution in [2.24, 2.45) is 0 Å². The van der Waals surface area contributed by atoms with Gasteiger partial charge >= 0.3 is 0 Å². The summed E-state index contributed by atoms with van der Waals surface area (Å²) in [6.07, 6.45) is 0. The largest absolute Gasteiger partial charge is 0.496 e. The number of likely N-dealkylation sites (N-methyl/N-ethyl adjacent to an activating group) is 1.